The van der Waals surface area contributed by atoms with Crippen molar-refractivity contribution in [1.29, 1.82) is 0 Å². The van der Waals surface area contributed by atoms with Crippen LogP contribution in [0.2, 0.25) is 0 Å². The van der Waals surface area contributed by atoms with Gasteiger partial charge in [0.1, 0.15) is 0 Å². The Morgan fingerprint density at radius 3 is 2.64 bits per heavy atom. The lowest BCUT2D eigenvalue weighted by Gasteiger charge is -2.23. The Balaban J connectivity index is 0.00000576. The zero-order chi connectivity index (χ0) is 17.6. The SMILES string of the molecule is CCOC(=O)CCCCCCNC(=NC)NCC1CCCN1CC.I. The van der Waals surface area contributed by atoms with Crippen molar-refractivity contribution in [3.8, 4) is 0 Å². The Labute approximate surface area is 170 Å². The average Bonchev–Trinajstić information content (AvgIpc) is 3.04. The van der Waals surface area contributed by atoms with Gasteiger partial charge in [-0.05, 0) is 45.7 Å². The van der Waals surface area contributed by atoms with Crippen molar-refractivity contribution in [1.82, 2.24) is 15.5 Å². The van der Waals surface area contributed by atoms with E-state index in [0.29, 0.717) is 19.1 Å². The molecule has 1 rings (SSSR count). The molecule has 0 radical (unpaired) electrons. The number of nitrogens with one attached hydrogen (secondary N) is 2. The van der Waals surface area contributed by atoms with E-state index in [4.69, 9.17) is 4.74 Å². The molecule has 0 spiro atoms. The van der Waals surface area contributed by atoms with E-state index in [1.807, 2.05) is 14.0 Å². The third-order valence-electron chi connectivity index (χ3n) is 4.54. The molecule has 0 aromatic carbocycles. The molecule has 2 N–H and O–H groups in total. The lowest BCUT2D eigenvalue weighted by Crippen LogP contribution is -2.45. The quantitative estimate of drug-likeness (QED) is 0.161. The van der Waals surface area contributed by atoms with E-state index < -0.39 is 0 Å². The van der Waals surface area contributed by atoms with Crippen molar-refractivity contribution in [3.63, 3.8) is 0 Å². The minimum atomic E-state index is -0.0757. The fraction of sp³-hybridized carbons (Fsp3) is 0.889. The summed E-state index contributed by atoms with van der Waals surface area (Å²) in [4.78, 5) is 18.0. The Hall–Kier alpha value is -0.570. The number of carbonyl (C=O) groups excluding carboxylic acids is 1. The van der Waals surface area contributed by atoms with Crippen molar-refractivity contribution >= 4 is 35.9 Å². The number of hydrogen-bond donors (Lipinski definition) is 2. The molecule has 7 heteroatoms. The highest BCUT2D eigenvalue weighted by atomic mass is 127. The van der Waals surface area contributed by atoms with Gasteiger partial charge in [-0.3, -0.25) is 14.7 Å². The second-order valence-electron chi connectivity index (χ2n) is 6.27. The van der Waals surface area contributed by atoms with Gasteiger partial charge in [0.25, 0.3) is 0 Å². The van der Waals surface area contributed by atoms with E-state index in [9.17, 15) is 4.79 Å². The molecular formula is C18H37IN4O2. The number of unbranched alkanes of at least 4 members (excludes halogenated alkanes) is 3. The molecule has 1 heterocycles. The van der Waals surface area contributed by atoms with Gasteiger partial charge < -0.3 is 15.4 Å². The van der Waals surface area contributed by atoms with Crippen LogP contribution in [-0.4, -0.2) is 62.7 Å². The molecule has 0 aromatic heterocycles. The lowest BCUT2D eigenvalue weighted by atomic mass is 10.1. The predicted molar refractivity (Wildman–Crippen MR) is 115 cm³/mol. The maximum Gasteiger partial charge on any atom is 0.305 e. The fourth-order valence-corrected chi connectivity index (χ4v) is 3.17. The number of likely N-dealkylation sites (tertiary alicyclic amines) is 1. The van der Waals surface area contributed by atoms with Crippen LogP contribution in [-0.2, 0) is 9.53 Å². The van der Waals surface area contributed by atoms with E-state index in [-0.39, 0.29) is 29.9 Å². The maximum absolute atomic E-state index is 11.2. The van der Waals surface area contributed by atoms with Crippen LogP contribution in [0.5, 0.6) is 0 Å². The standard InChI is InChI=1S/C18H36N4O2.HI/c1-4-22-14-10-11-16(22)15-21-18(19-3)20-13-9-7-6-8-12-17(23)24-5-2;/h16H,4-15H2,1-3H3,(H2,19,20,21);1H. The molecular weight excluding hydrogens is 431 g/mol. The lowest BCUT2D eigenvalue weighted by molar-refractivity contribution is -0.143. The van der Waals surface area contributed by atoms with E-state index in [2.05, 4.69) is 27.4 Å². The molecule has 0 aliphatic carbocycles. The van der Waals surface area contributed by atoms with Gasteiger partial charge in [0.05, 0.1) is 6.61 Å². The number of carbonyl (C=O) groups is 1. The monoisotopic (exact) mass is 468 g/mol. The third kappa shape index (κ3) is 10.9. The molecule has 1 atom stereocenters. The highest BCUT2D eigenvalue weighted by molar-refractivity contribution is 14.0. The number of rotatable bonds is 11. The molecule has 1 aliphatic heterocycles. The van der Waals surface area contributed by atoms with Gasteiger partial charge in [0, 0.05) is 32.6 Å². The van der Waals surface area contributed by atoms with Gasteiger partial charge in [0.2, 0.25) is 0 Å². The molecule has 1 fully saturated rings. The molecule has 1 saturated heterocycles. The number of hydrogen-bond acceptors (Lipinski definition) is 4. The maximum atomic E-state index is 11.2. The first kappa shape index (κ1) is 24.4. The normalized spacial score (nSPS) is 17.9. The van der Waals surface area contributed by atoms with Gasteiger partial charge in [-0.25, -0.2) is 0 Å². The molecule has 1 unspecified atom stereocenters. The molecule has 0 aromatic rings. The first-order valence-electron chi connectivity index (χ1n) is 9.55. The summed E-state index contributed by atoms with van der Waals surface area (Å²) in [5.41, 5.74) is 0. The molecule has 0 amide bonds. The second-order valence-corrected chi connectivity index (χ2v) is 6.27. The summed E-state index contributed by atoms with van der Waals surface area (Å²) >= 11 is 0. The number of ether oxygens (including phenoxy) is 1. The van der Waals surface area contributed by atoms with Crippen molar-refractivity contribution < 1.29 is 9.53 Å². The fourth-order valence-electron chi connectivity index (χ4n) is 3.17. The van der Waals surface area contributed by atoms with Gasteiger partial charge >= 0.3 is 5.97 Å². The van der Waals surface area contributed by atoms with Crippen LogP contribution in [0.3, 0.4) is 0 Å². The van der Waals surface area contributed by atoms with Crippen molar-refractivity contribution in [2.45, 2.75) is 64.8 Å². The number of likely N-dealkylation sites (N-methyl/N-ethyl adjacent to an activating group) is 1. The van der Waals surface area contributed by atoms with Gasteiger partial charge in [-0.2, -0.15) is 0 Å². The number of guanidine groups is 1. The molecule has 25 heavy (non-hydrogen) atoms. The summed E-state index contributed by atoms with van der Waals surface area (Å²) in [6.45, 7) is 8.79. The van der Waals surface area contributed by atoms with Crippen molar-refractivity contribution in [3.05, 3.63) is 0 Å². The van der Waals surface area contributed by atoms with E-state index in [1.165, 1.54) is 19.4 Å². The van der Waals surface area contributed by atoms with Gasteiger partial charge in [-0.15, -0.1) is 24.0 Å². The average molecular weight is 468 g/mol. The molecule has 6 nitrogen and oxygen atoms in total. The van der Waals surface area contributed by atoms with Crippen LogP contribution in [0.25, 0.3) is 0 Å². The number of esters is 1. The molecule has 1 aliphatic rings. The minimum absolute atomic E-state index is 0. The number of halogens is 1. The summed E-state index contributed by atoms with van der Waals surface area (Å²) in [6, 6.07) is 0.636. The Bertz CT molecular complexity index is 380. The zero-order valence-corrected chi connectivity index (χ0v) is 18.5. The topological polar surface area (TPSA) is 66.0 Å². The summed E-state index contributed by atoms with van der Waals surface area (Å²) in [6.07, 6.45) is 7.32. The van der Waals surface area contributed by atoms with E-state index >= 15 is 0 Å². The summed E-state index contributed by atoms with van der Waals surface area (Å²) < 4.78 is 4.92. The predicted octanol–water partition coefficient (Wildman–Crippen LogP) is 2.77. The number of nitrogens with zero attached hydrogens (tertiary/aromatic N) is 2. The van der Waals surface area contributed by atoms with Crippen LogP contribution in [0.15, 0.2) is 4.99 Å². The highest BCUT2D eigenvalue weighted by Crippen LogP contribution is 2.15. The zero-order valence-electron chi connectivity index (χ0n) is 16.2. The van der Waals surface area contributed by atoms with Crippen LogP contribution in [0.1, 0.15) is 58.8 Å². The summed E-state index contributed by atoms with van der Waals surface area (Å²) in [5, 5.41) is 6.82. The van der Waals surface area contributed by atoms with Gasteiger partial charge in [-0.1, -0.05) is 19.8 Å². The van der Waals surface area contributed by atoms with E-state index in [0.717, 1.165) is 51.3 Å². The first-order valence-corrected chi connectivity index (χ1v) is 9.55. The molecule has 0 bridgehead atoms. The smallest absolute Gasteiger partial charge is 0.305 e. The third-order valence-corrected chi connectivity index (χ3v) is 4.54. The number of aliphatic imine (C=N–C) groups is 1. The van der Waals surface area contributed by atoms with Crippen molar-refractivity contribution in [2.75, 3.05) is 39.8 Å². The summed E-state index contributed by atoms with van der Waals surface area (Å²) in [7, 11) is 1.82. The largest absolute Gasteiger partial charge is 0.466 e. The molecule has 148 valence electrons. The molecule has 0 saturated carbocycles. The van der Waals surface area contributed by atoms with Crippen LogP contribution in [0, 0.1) is 0 Å². The second kappa shape index (κ2) is 15.7. The van der Waals surface area contributed by atoms with E-state index in [1.54, 1.807) is 0 Å². The van der Waals surface area contributed by atoms with Crippen LogP contribution in [0.4, 0.5) is 0 Å². The van der Waals surface area contributed by atoms with Crippen molar-refractivity contribution in [2.24, 2.45) is 4.99 Å². The summed E-state index contributed by atoms with van der Waals surface area (Å²) in [5.74, 6) is 0.817. The highest BCUT2D eigenvalue weighted by Gasteiger charge is 2.22. The Morgan fingerprint density at radius 1 is 1.20 bits per heavy atom. The first-order chi connectivity index (χ1) is 11.7. The van der Waals surface area contributed by atoms with Crippen LogP contribution >= 0.6 is 24.0 Å². The Morgan fingerprint density at radius 2 is 1.96 bits per heavy atom. The van der Waals surface area contributed by atoms with Gasteiger partial charge in [0.15, 0.2) is 5.96 Å². The Kier molecular flexibility index (Phi) is 15.3. The van der Waals surface area contributed by atoms with Crippen LogP contribution < -0.4 is 10.6 Å². The minimum Gasteiger partial charge on any atom is -0.466 e.